The molecule has 0 radical (unpaired) electrons. The first kappa shape index (κ1) is 14.8. The maximum absolute atomic E-state index is 4.98. The Morgan fingerprint density at radius 2 is 1.37 bits per heavy atom. The first-order chi connectivity index (χ1) is 13.4. The standard InChI is InChI=1S/C24H14N2S/c1-2-6-17-15(5-1)9-10-16-11-12-20(26-24(16)17)21-13-23-19(14-25-21)18-7-3-4-8-22(18)27-23/h1-14H. The van der Waals surface area contributed by atoms with Gasteiger partial charge in [0.25, 0.3) is 0 Å². The van der Waals surface area contributed by atoms with Gasteiger partial charge in [0.1, 0.15) is 0 Å². The van der Waals surface area contributed by atoms with Crippen LogP contribution in [0.3, 0.4) is 0 Å². The average molecular weight is 362 g/mol. The fraction of sp³-hybridized carbons (Fsp3) is 0. The molecule has 3 aromatic carbocycles. The number of nitrogens with zero attached hydrogens (tertiary/aromatic N) is 2. The molecule has 3 heteroatoms. The minimum atomic E-state index is 0.915. The van der Waals surface area contributed by atoms with E-state index in [0.29, 0.717) is 0 Å². The van der Waals surface area contributed by atoms with E-state index in [2.05, 4.69) is 78.9 Å². The zero-order valence-electron chi connectivity index (χ0n) is 14.4. The van der Waals surface area contributed by atoms with Crippen molar-refractivity contribution in [3.8, 4) is 11.4 Å². The third kappa shape index (κ3) is 2.25. The topological polar surface area (TPSA) is 25.8 Å². The minimum Gasteiger partial charge on any atom is -0.254 e. The molecule has 0 amide bonds. The highest BCUT2D eigenvalue weighted by molar-refractivity contribution is 7.25. The van der Waals surface area contributed by atoms with Crippen LogP contribution in [0.4, 0.5) is 0 Å². The second kappa shape index (κ2) is 5.60. The molecule has 126 valence electrons. The predicted octanol–water partition coefficient (Wildman–Crippen LogP) is 6.82. The number of pyridine rings is 2. The summed E-state index contributed by atoms with van der Waals surface area (Å²) in [5, 5.41) is 6.03. The van der Waals surface area contributed by atoms with Gasteiger partial charge in [-0.2, -0.15) is 0 Å². The first-order valence-electron chi connectivity index (χ1n) is 8.93. The van der Waals surface area contributed by atoms with Crippen LogP contribution in [0, 0.1) is 0 Å². The molecule has 0 spiro atoms. The second-order valence-electron chi connectivity index (χ2n) is 6.72. The van der Waals surface area contributed by atoms with E-state index >= 15 is 0 Å². The zero-order valence-corrected chi connectivity index (χ0v) is 15.2. The fourth-order valence-electron chi connectivity index (χ4n) is 3.76. The molecule has 3 heterocycles. The summed E-state index contributed by atoms with van der Waals surface area (Å²) in [7, 11) is 0. The lowest BCUT2D eigenvalue weighted by molar-refractivity contribution is 1.30. The van der Waals surface area contributed by atoms with Crippen molar-refractivity contribution >= 4 is 53.2 Å². The summed E-state index contributed by atoms with van der Waals surface area (Å²) in [6.07, 6.45) is 1.98. The van der Waals surface area contributed by atoms with E-state index < -0.39 is 0 Å². The van der Waals surface area contributed by atoms with Crippen LogP contribution in [0.1, 0.15) is 0 Å². The van der Waals surface area contributed by atoms with E-state index in [1.807, 2.05) is 17.5 Å². The van der Waals surface area contributed by atoms with Gasteiger partial charge in [-0.1, -0.05) is 60.7 Å². The first-order valence-corrected chi connectivity index (χ1v) is 9.75. The molecule has 0 aliphatic rings. The summed E-state index contributed by atoms with van der Waals surface area (Å²) in [4.78, 5) is 9.71. The summed E-state index contributed by atoms with van der Waals surface area (Å²) in [5.41, 5.74) is 2.87. The maximum Gasteiger partial charge on any atom is 0.0900 e. The van der Waals surface area contributed by atoms with Gasteiger partial charge in [0.05, 0.1) is 16.9 Å². The molecule has 0 bridgehead atoms. The Labute approximate surface area is 159 Å². The van der Waals surface area contributed by atoms with Gasteiger partial charge in [-0.05, 0) is 23.6 Å². The van der Waals surface area contributed by atoms with Crippen LogP contribution in [-0.4, -0.2) is 9.97 Å². The molecule has 0 fully saturated rings. The van der Waals surface area contributed by atoms with Crippen LogP contribution >= 0.6 is 11.3 Å². The quantitative estimate of drug-likeness (QED) is 0.300. The molecule has 6 aromatic rings. The van der Waals surface area contributed by atoms with Crippen molar-refractivity contribution in [2.75, 3.05) is 0 Å². The molecule has 2 nitrogen and oxygen atoms in total. The largest absolute Gasteiger partial charge is 0.254 e. The summed E-state index contributed by atoms with van der Waals surface area (Å²) in [6, 6.07) is 27.6. The summed E-state index contributed by atoms with van der Waals surface area (Å²) >= 11 is 1.81. The number of hydrogen-bond donors (Lipinski definition) is 0. The molecule has 0 unspecified atom stereocenters. The van der Waals surface area contributed by atoms with E-state index in [1.165, 1.54) is 30.9 Å². The lowest BCUT2D eigenvalue weighted by Gasteiger charge is -2.06. The molecule has 0 N–H and O–H groups in total. The van der Waals surface area contributed by atoms with E-state index in [0.717, 1.165) is 22.3 Å². The van der Waals surface area contributed by atoms with Crippen LogP contribution < -0.4 is 0 Å². The Hall–Kier alpha value is -3.30. The zero-order chi connectivity index (χ0) is 17.8. The number of hydrogen-bond acceptors (Lipinski definition) is 3. The molecule has 6 rings (SSSR count). The Bertz CT molecular complexity index is 1480. The van der Waals surface area contributed by atoms with Crippen LogP contribution in [0.15, 0.2) is 85.1 Å². The monoisotopic (exact) mass is 362 g/mol. The Kier molecular flexibility index (Phi) is 3.07. The van der Waals surface area contributed by atoms with E-state index in [1.54, 1.807) is 0 Å². The van der Waals surface area contributed by atoms with Crippen molar-refractivity contribution in [1.29, 1.82) is 0 Å². The maximum atomic E-state index is 4.98. The van der Waals surface area contributed by atoms with Gasteiger partial charge < -0.3 is 0 Å². The average Bonchev–Trinajstić information content (AvgIpc) is 3.11. The van der Waals surface area contributed by atoms with Gasteiger partial charge in [0.15, 0.2) is 0 Å². The van der Waals surface area contributed by atoms with Gasteiger partial charge in [-0.15, -0.1) is 11.3 Å². The highest BCUT2D eigenvalue weighted by atomic mass is 32.1. The van der Waals surface area contributed by atoms with Gasteiger partial charge in [0, 0.05) is 37.1 Å². The van der Waals surface area contributed by atoms with Crippen molar-refractivity contribution in [2.45, 2.75) is 0 Å². The lowest BCUT2D eigenvalue weighted by Crippen LogP contribution is -1.89. The van der Waals surface area contributed by atoms with Crippen LogP contribution in [0.5, 0.6) is 0 Å². The van der Waals surface area contributed by atoms with Crippen molar-refractivity contribution in [1.82, 2.24) is 9.97 Å². The molecule has 0 aliphatic carbocycles. The summed E-state index contributed by atoms with van der Waals surface area (Å²) in [6.45, 7) is 0. The van der Waals surface area contributed by atoms with E-state index in [9.17, 15) is 0 Å². The molecule has 0 saturated heterocycles. The number of benzene rings is 3. The Morgan fingerprint density at radius 3 is 2.33 bits per heavy atom. The van der Waals surface area contributed by atoms with Gasteiger partial charge in [0.2, 0.25) is 0 Å². The van der Waals surface area contributed by atoms with Crippen LogP contribution in [0.25, 0.3) is 53.2 Å². The SMILES string of the molecule is c1ccc2c(c1)ccc1ccc(-c3cc4sc5ccccc5c4cn3)nc12. The molecular formula is C24H14N2S. The van der Waals surface area contributed by atoms with Crippen LogP contribution in [0.2, 0.25) is 0 Å². The van der Waals surface area contributed by atoms with Gasteiger partial charge in [-0.3, -0.25) is 4.98 Å². The molecular weight excluding hydrogens is 348 g/mol. The minimum absolute atomic E-state index is 0.915. The molecule has 3 aromatic heterocycles. The van der Waals surface area contributed by atoms with E-state index in [4.69, 9.17) is 9.97 Å². The molecule has 27 heavy (non-hydrogen) atoms. The number of rotatable bonds is 1. The normalized spacial score (nSPS) is 11.7. The van der Waals surface area contributed by atoms with Gasteiger partial charge >= 0.3 is 0 Å². The summed E-state index contributed by atoms with van der Waals surface area (Å²) in [5.74, 6) is 0. The third-order valence-electron chi connectivity index (χ3n) is 5.11. The molecule has 0 atom stereocenters. The number of thiophene rings is 1. The Morgan fingerprint density at radius 1 is 0.593 bits per heavy atom. The highest BCUT2D eigenvalue weighted by Gasteiger charge is 2.10. The third-order valence-corrected chi connectivity index (χ3v) is 6.24. The Balaban J connectivity index is 1.60. The smallest absolute Gasteiger partial charge is 0.0900 e. The van der Waals surface area contributed by atoms with E-state index in [-0.39, 0.29) is 0 Å². The highest BCUT2D eigenvalue weighted by Crippen LogP contribution is 2.35. The van der Waals surface area contributed by atoms with Gasteiger partial charge in [-0.25, -0.2) is 4.98 Å². The van der Waals surface area contributed by atoms with Crippen molar-refractivity contribution in [2.24, 2.45) is 0 Å². The fourth-order valence-corrected chi connectivity index (χ4v) is 4.88. The predicted molar refractivity (Wildman–Crippen MR) is 115 cm³/mol. The number of aromatic nitrogens is 2. The summed E-state index contributed by atoms with van der Waals surface area (Å²) < 4.78 is 2.55. The second-order valence-corrected chi connectivity index (χ2v) is 7.80. The van der Waals surface area contributed by atoms with Crippen molar-refractivity contribution in [3.63, 3.8) is 0 Å². The van der Waals surface area contributed by atoms with Crippen LogP contribution in [-0.2, 0) is 0 Å². The molecule has 0 aliphatic heterocycles. The van der Waals surface area contributed by atoms with Crippen molar-refractivity contribution in [3.05, 3.63) is 85.1 Å². The van der Waals surface area contributed by atoms with Crippen molar-refractivity contribution < 1.29 is 0 Å². The molecule has 0 saturated carbocycles. The number of fused-ring (bicyclic) bond motifs is 6. The lowest BCUT2D eigenvalue weighted by atomic mass is 10.1.